The van der Waals surface area contributed by atoms with Crippen LogP contribution < -0.4 is 0 Å². The molecule has 0 N–H and O–H groups in total. The first-order valence-corrected chi connectivity index (χ1v) is 18.5. The monoisotopic (exact) mass is 486 g/mol. The van der Waals surface area contributed by atoms with E-state index in [1.54, 1.807) is 0 Å². The summed E-state index contributed by atoms with van der Waals surface area (Å²) in [6, 6.07) is 10.6. The first-order chi connectivity index (χ1) is 15.1. The Balaban J connectivity index is 2.29. The Morgan fingerprint density at radius 2 is 1.27 bits per heavy atom. The summed E-state index contributed by atoms with van der Waals surface area (Å²) in [5.41, 5.74) is 1.26. The minimum Gasteiger partial charge on any atom is -0.417 e. The molecular formula is C29H50O2Si2. The smallest absolute Gasteiger partial charge is 0.191 e. The molecule has 1 saturated carbocycles. The fourth-order valence-corrected chi connectivity index (χ4v) is 6.21. The molecule has 1 fully saturated rings. The molecule has 0 unspecified atom stereocenters. The second-order valence-corrected chi connectivity index (χ2v) is 22.7. The standard InChI is InChI=1S/C29H50O2Si2/c1-12-24-20-25(19-18-23-16-14-13-15-17-23)27(22-31-33(10,11)29(5,6)7)26(24)21-30-32(8,9)28(2,3)4/h12-19,24-27H,1,20-22H2,2-11H3/b19-18+/t24-,25+,26-,27+/m1/s1. The molecule has 0 bridgehead atoms. The lowest BCUT2D eigenvalue weighted by Gasteiger charge is -2.40. The maximum atomic E-state index is 6.81. The van der Waals surface area contributed by atoms with Crippen molar-refractivity contribution in [3.8, 4) is 0 Å². The van der Waals surface area contributed by atoms with Crippen molar-refractivity contribution in [1.29, 1.82) is 0 Å². The minimum atomic E-state index is -1.82. The van der Waals surface area contributed by atoms with Gasteiger partial charge in [0.25, 0.3) is 0 Å². The topological polar surface area (TPSA) is 18.5 Å². The average molecular weight is 487 g/mol. The fourth-order valence-electron chi connectivity index (χ4n) is 4.13. The highest BCUT2D eigenvalue weighted by Crippen LogP contribution is 2.46. The minimum absolute atomic E-state index is 0.214. The van der Waals surface area contributed by atoms with Crippen LogP contribution in [0.2, 0.25) is 36.3 Å². The van der Waals surface area contributed by atoms with Gasteiger partial charge < -0.3 is 8.85 Å². The molecule has 0 radical (unpaired) electrons. The molecule has 0 spiro atoms. The van der Waals surface area contributed by atoms with Gasteiger partial charge in [-0.2, -0.15) is 0 Å². The third-order valence-corrected chi connectivity index (χ3v) is 17.7. The molecule has 0 heterocycles. The van der Waals surface area contributed by atoms with Crippen LogP contribution in [0.3, 0.4) is 0 Å². The van der Waals surface area contributed by atoms with Crippen LogP contribution in [0.4, 0.5) is 0 Å². The van der Waals surface area contributed by atoms with Crippen LogP contribution in [-0.4, -0.2) is 29.8 Å². The molecule has 1 aliphatic rings. The van der Waals surface area contributed by atoms with Crippen LogP contribution in [0.15, 0.2) is 49.1 Å². The van der Waals surface area contributed by atoms with Gasteiger partial charge in [0.2, 0.25) is 0 Å². The molecule has 0 saturated heterocycles. The van der Waals surface area contributed by atoms with Gasteiger partial charge in [0.1, 0.15) is 0 Å². The van der Waals surface area contributed by atoms with Gasteiger partial charge in [0.15, 0.2) is 16.6 Å². The van der Waals surface area contributed by atoms with Crippen molar-refractivity contribution in [1.82, 2.24) is 0 Å². The second kappa shape index (κ2) is 10.8. The van der Waals surface area contributed by atoms with Gasteiger partial charge in [-0.25, -0.2) is 0 Å². The lowest BCUT2D eigenvalue weighted by molar-refractivity contribution is 0.124. The van der Waals surface area contributed by atoms with Gasteiger partial charge in [-0.3, -0.25) is 0 Å². The summed E-state index contributed by atoms with van der Waals surface area (Å²) in [7, 11) is -3.63. The first-order valence-electron chi connectivity index (χ1n) is 12.7. The number of allylic oxidation sites excluding steroid dienone is 2. The molecule has 186 valence electrons. The average Bonchev–Trinajstić information content (AvgIpc) is 3.05. The van der Waals surface area contributed by atoms with Crippen molar-refractivity contribution in [3.05, 3.63) is 54.6 Å². The van der Waals surface area contributed by atoms with Crippen molar-refractivity contribution in [3.63, 3.8) is 0 Å². The Bertz CT molecular complexity index is 784. The highest BCUT2D eigenvalue weighted by atomic mass is 28.4. The van der Waals surface area contributed by atoms with Crippen LogP contribution in [0.1, 0.15) is 53.5 Å². The maximum absolute atomic E-state index is 6.81. The number of benzene rings is 1. The molecule has 4 atom stereocenters. The summed E-state index contributed by atoms with van der Waals surface area (Å²) in [5, 5.41) is 0.432. The van der Waals surface area contributed by atoms with E-state index in [0.717, 1.165) is 19.6 Å². The molecule has 2 nitrogen and oxygen atoms in total. The Morgan fingerprint density at radius 3 is 1.70 bits per heavy atom. The Labute approximate surface area is 207 Å². The summed E-state index contributed by atoms with van der Waals surface area (Å²) in [4.78, 5) is 0. The molecule has 0 aliphatic heterocycles. The van der Waals surface area contributed by atoms with Gasteiger partial charge in [0.05, 0.1) is 0 Å². The van der Waals surface area contributed by atoms with Crippen molar-refractivity contribution in [2.75, 3.05) is 13.2 Å². The Hall–Kier alpha value is -0.946. The zero-order valence-corrected chi connectivity index (χ0v) is 25.1. The third kappa shape index (κ3) is 7.27. The molecule has 4 heteroatoms. The first kappa shape index (κ1) is 28.3. The SMILES string of the molecule is C=C[C@@H]1C[C@H](/C=C/c2ccccc2)[C@H](CO[Si](C)(C)C(C)(C)C)[C@@H]1CO[Si](C)(C)C(C)(C)C. The Kier molecular flexibility index (Phi) is 9.23. The van der Waals surface area contributed by atoms with E-state index in [1.165, 1.54) is 5.56 Å². The predicted molar refractivity (Wildman–Crippen MR) is 151 cm³/mol. The van der Waals surface area contributed by atoms with E-state index in [4.69, 9.17) is 8.85 Å². The highest BCUT2D eigenvalue weighted by Gasteiger charge is 2.45. The summed E-state index contributed by atoms with van der Waals surface area (Å²) in [6.45, 7) is 29.2. The van der Waals surface area contributed by atoms with Gasteiger partial charge in [-0.1, -0.05) is 90.1 Å². The van der Waals surface area contributed by atoms with Crippen molar-refractivity contribution >= 4 is 22.7 Å². The van der Waals surface area contributed by atoms with Gasteiger partial charge in [0, 0.05) is 13.2 Å². The van der Waals surface area contributed by atoms with Gasteiger partial charge in [-0.15, -0.1) is 6.58 Å². The Morgan fingerprint density at radius 1 is 0.818 bits per heavy atom. The van der Waals surface area contributed by atoms with Crippen LogP contribution in [0, 0.1) is 23.7 Å². The third-order valence-electron chi connectivity index (χ3n) is 8.72. The van der Waals surface area contributed by atoms with E-state index >= 15 is 0 Å². The van der Waals surface area contributed by atoms with E-state index < -0.39 is 16.6 Å². The van der Waals surface area contributed by atoms with Crippen LogP contribution in [0.25, 0.3) is 6.08 Å². The molecule has 33 heavy (non-hydrogen) atoms. The molecule has 1 aromatic carbocycles. The van der Waals surface area contributed by atoms with Crippen molar-refractivity contribution in [2.45, 2.75) is 84.2 Å². The van der Waals surface area contributed by atoms with E-state index in [-0.39, 0.29) is 10.1 Å². The summed E-state index contributed by atoms with van der Waals surface area (Å²) >= 11 is 0. The van der Waals surface area contributed by atoms with Crippen LogP contribution >= 0.6 is 0 Å². The van der Waals surface area contributed by atoms with E-state index in [9.17, 15) is 0 Å². The quantitative estimate of drug-likeness (QED) is 0.256. The zero-order chi connectivity index (χ0) is 25.1. The molecule has 1 aromatic rings. The number of rotatable bonds is 9. The number of hydrogen-bond donors (Lipinski definition) is 0. The number of hydrogen-bond acceptors (Lipinski definition) is 2. The van der Waals surface area contributed by atoms with E-state index in [1.807, 2.05) is 0 Å². The molecule has 2 rings (SSSR count). The fraction of sp³-hybridized carbons (Fsp3) is 0.655. The summed E-state index contributed by atoms with van der Waals surface area (Å²) in [6.07, 6.45) is 8.03. The summed E-state index contributed by atoms with van der Waals surface area (Å²) in [5.74, 6) is 1.85. The maximum Gasteiger partial charge on any atom is 0.191 e. The van der Waals surface area contributed by atoms with Gasteiger partial charge in [-0.05, 0) is 71.9 Å². The normalized spacial score (nSPS) is 25.0. The largest absolute Gasteiger partial charge is 0.417 e. The molecular weight excluding hydrogens is 436 g/mol. The lowest BCUT2D eigenvalue weighted by Crippen LogP contribution is -2.45. The van der Waals surface area contributed by atoms with Crippen molar-refractivity contribution in [2.24, 2.45) is 23.7 Å². The van der Waals surface area contributed by atoms with E-state index in [0.29, 0.717) is 23.7 Å². The van der Waals surface area contributed by atoms with Gasteiger partial charge >= 0.3 is 0 Å². The molecule has 1 aliphatic carbocycles. The molecule has 0 aromatic heterocycles. The second-order valence-electron chi connectivity index (χ2n) is 13.0. The lowest BCUT2D eigenvalue weighted by atomic mass is 9.88. The zero-order valence-electron chi connectivity index (χ0n) is 23.1. The van der Waals surface area contributed by atoms with Crippen molar-refractivity contribution < 1.29 is 8.85 Å². The predicted octanol–water partition coefficient (Wildman–Crippen LogP) is 8.80. The van der Waals surface area contributed by atoms with E-state index in [2.05, 4.69) is 123 Å². The summed E-state index contributed by atoms with van der Waals surface area (Å²) < 4.78 is 13.6. The van der Waals surface area contributed by atoms with Crippen LogP contribution in [0.5, 0.6) is 0 Å². The highest BCUT2D eigenvalue weighted by molar-refractivity contribution is 6.74. The van der Waals surface area contributed by atoms with Crippen LogP contribution in [-0.2, 0) is 8.85 Å². The molecule has 0 amide bonds.